The van der Waals surface area contributed by atoms with Gasteiger partial charge in [-0.05, 0) is 80.9 Å². The zero-order valence-electron chi connectivity index (χ0n) is 19.9. The molecular weight excluding hydrogens is 471 g/mol. The molecule has 2 fully saturated rings. The molecule has 0 saturated carbocycles. The van der Waals surface area contributed by atoms with E-state index in [4.69, 9.17) is 37.4 Å². The number of ether oxygens (including phenoxy) is 3. The van der Waals surface area contributed by atoms with Crippen molar-refractivity contribution in [2.24, 2.45) is 5.92 Å². The van der Waals surface area contributed by atoms with Crippen LogP contribution in [0.1, 0.15) is 36.8 Å². The summed E-state index contributed by atoms with van der Waals surface area (Å²) in [5, 5.41) is 1.61. The first kappa shape index (κ1) is 24.1. The summed E-state index contributed by atoms with van der Waals surface area (Å²) in [6.45, 7) is 6.21. The largest absolute Gasteiger partial charge is 0.495 e. The highest BCUT2D eigenvalue weighted by atomic mass is 35.5. The molecule has 3 heterocycles. The van der Waals surface area contributed by atoms with E-state index in [-0.39, 0.29) is 0 Å². The van der Waals surface area contributed by atoms with Crippen molar-refractivity contribution in [2.75, 3.05) is 51.4 Å². The van der Waals surface area contributed by atoms with Crippen LogP contribution in [0.25, 0.3) is 0 Å². The summed E-state index contributed by atoms with van der Waals surface area (Å²) in [6.07, 6.45) is 5.82. The standard InChI is InChI=1S/C27H34Cl2N2O3/c1-32-27-16-21-18-33-12-13-34-26(21)17-25(27)31-10-6-23(7-11-31)30-8-4-19(5-9-30)14-20-15-22(28)2-3-24(20)29/h2-3,15-17,19,23H,4-14,18H2,1H3. The van der Waals surface area contributed by atoms with Crippen LogP contribution in [-0.4, -0.2) is 57.4 Å². The van der Waals surface area contributed by atoms with Gasteiger partial charge in [-0.2, -0.15) is 0 Å². The molecule has 2 saturated heterocycles. The van der Waals surface area contributed by atoms with Crippen LogP contribution in [0.2, 0.25) is 10.0 Å². The molecule has 34 heavy (non-hydrogen) atoms. The Hall–Kier alpha value is -1.66. The van der Waals surface area contributed by atoms with Crippen LogP contribution >= 0.6 is 23.2 Å². The lowest BCUT2D eigenvalue weighted by Crippen LogP contribution is -2.48. The molecular formula is C27H34Cl2N2O3. The fraction of sp³-hybridized carbons (Fsp3) is 0.556. The van der Waals surface area contributed by atoms with Gasteiger partial charge in [-0.15, -0.1) is 0 Å². The van der Waals surface area contributed by atoms with Crippen molar-refractivity contribution in [1.82, 2.24) is 4.90 Å². The lowest BCUT2D eigenvalue weighted by Gasteiger charge is -2.42. The van der Waals surface area contributed by atoms with Crippen molar-refractivity contribution in [1.29, 1.82) is 0 Å². The fourth-order valence-corrected chi connectivity index (χ4v) is 6.04. The van der Waals surface area contributed by atoms with E-state index in [1.807, 2.05) is 18.2 Å². The molecule has 2 aromatic rings. The minimum atomic E-state index is 0.577. The van der Waals surface area contributed by atoms with E-state index in [1.165, 1.54) is 44.3 Å². The molecule has 5 rings (SSSR count). The van der Waals surface area contributed by atoms with Crippen LogP contribution in [0.3, 0.4) is 0 Å². The van der Waals surface area contributed by atoms with E-state index in [0.29, 0.717) is 31.8 Å². The van der Waals surface area contributed by atoms with Gasteiger partial charge >= 0.3 is 0 Å². The molecule has 0 bridgehead atoms. The average molecular weight is 505 g/mol. The number of fused-ring (bicyclic) bond motifs is 1. The third-order valence-corrected chi connectivity index (χ3v) is 8.20. The summed E-state index contributed by atoms with van der Waals surface area (Å²) >= 11 is 12.6. The summed E-state index contributed by atoms with van der Waals surface area (Å²) in [4.78, 5) is 5.17. The first-order valence-electron chi connectivity index (χ1n) is 12.4. The first-order valence-corrected chi connectivity index (χ1v) is 13.2. The van der Waals surface area contributed by atoms with Gasteiger partial charge in [0.15, 0.2) is 0 Å². The number of benzene rings is 2. The second-order valence-electron chi connectivity index (χ2n) is 9.67. The maximum absolute atomic E-state index is 6.40. The van der Waals surface area contributed by atoms with E-state index in [9.17, 15) is 0 Å². The normalized spacial score (nSPS) is 20.5. The number of piperidine rings is 2. The Labute approximate surface area is 212 Å². The Balaban J connectivity index is 1.16. The van der Waals surface area contributed by atoms with Gasteiger partial charge in [-0.1, -0.05) is 23.2 Å². The van der Waals surface area contributed by atoms with E-state index < -0.39 is 0 Å². The number of nitrogens with zero attached hydrogens (tertiary/aromatic N) is 2. The Morgan fingerprint density at radius 2 is 1.76 bits per heavy atom. The average Bonchev–Trinajstić information content (AvgIpc) is 3.11. The maximum atomic E-state index is 6.40. The summed E-state index contributed by atoms with van der Waals surface area (Å²) in [5.41, 5.74) is 3.39. The highest BCUT2D eigenvalue weighted by Crippen LogP contribution is 2.38. The molecule has 0 spiro atoms. The van der Waals surface area contributed by atoms with Crippen molar-refractivity contribution in [3.63, 3.8) is 0 Å². The molecule has 5 nitrogen and oxygen atoms in total. The maximum Gasteiger partial charge on any atom is 0.142 e. The van der Waals surface area contributed by atoms with Crippen molar-refractivity contribution in [3.05, 3.63) is 51.5 Å². The molecule has 2 aromatic carbocycles. The number of rotatable bonds is 5. The lowest BCUT2D eigenvalue weighted by atomic mass is 9.88. The molecule has 0 aliphatic carbocycles. The van der Waals surface area contributed by atoms with Crippen LogP contribution in [0.4, 0.5) is 5.69 Å². The molecule has 0 atom stereocenters. The smallest absolute Gasteiger partial charge is 0.142 e. The van der Waals surface area contributed by atoms with Crippen molar-refractivity contribution in [2.45, 2.75) is 44.8 Å². The van der Waals surface area contributed by atoms with Gasteiger partial charge in [0.1, 0.15) is 18.1 Å². The van der Waals surface area contributed by atoms with Gasteiger partial charge < -0.3 is 24.0 Å². The second kappa shape index (κ2) is 10.9. The van der Waals surface area contributed by atoms with Gasteiger partial charge in [0, 0.05) is 40.8 Å². The predicted molar refractivity (Wildman–Crippen MR) is 138 cm³/mol. The van der Waals surface area contributed by atoms with Crippen LogP contribution in [-0.2, 0) is 17.8 Å². The lowest BCUT2D eigenvalue weighted by molar-refractivity contribution is 0.107. The topological polar surface area (TPSA) is 34.2 Å². The van der Waals surface area contributed by atoms with Crippen molar-refractivity contribution < 1.29 is 14.2 Å². The number of methoxy groups -OCH3 is 1. The third-order valence-electron chi connectivity index (χ3n) is 7.59. The second-order valence-corrected chi connectivity index (χ2v) is 10.5. The highest BCUT2D eigenvalue weighted by Gasteiger charge is 2.30. The zero-order chi connectivity index (χ0) is 23.5. The van der Waals surface area contributed by atoms with Gasteiger partial charge in [-0.3, -0.25) is 0 Å². The number of halogens is 2. The Bertz CT molecular complexity index is 986. The van der Waals surface area contributed by atoms with Gasteiger partial charge in [0.05, 0.1) is 26.0 Å². The first-order chi connectivity index (χ1) is 16.6. The van der Waals surface area contributed by atoms with E-state index in [0.717, 1.165) is 52.3 Å². The monoisotopic (exact) mass is 504 g/mol. The van der Waals surface area contributed by atoms with E-state index in [2.05, 4.69) is 21.9 Å². The number of hydrogen-bond acceptors (Lipinski definition) is 5. The molecule has 0 aromatic heterocycles. The predicted octanol–water partition coefficient (Wildman–Crippen LogP) is 5.83. The van der Waals surface area contributed by atoms with Gasteiger partial charge in [-0.25, -0.2) is 0 Å². The molecule has 0 unspecified atom stereocenters. The fourth-order valence-electron chi connectivity index (χ4n) is 5.65. The van der Waals surface area contributed by atoms with Gasteiger partial charge in [0.2, 0.25) is 0 Å². The van der Waals surface area contributed by atoms with Crippen molar-refractivity contribution >= 4 is 28.9 Å². The summed E-state index contributed by atoms with van der Waals surface area (Å²) in [5.74, 6) is 2.52. The number of anilines is 1. The zero-order valence-corrected chi connectivity index (χ0v) is 21.4. The van der Waals surface area contributed by atoms with E-state index >= 15 is 0 Å². The minimum Gasteiger partial charge on any atom is -0.495 e. The molecule has 0 N–H and O–H groups in total. The summed E-state index contributed by atoms with van der Waals surface area (Å²) in [6, 6.07) is 10.7. The van der Waals surface area contributed by atoms with Crippen LogP contribution in [0.15, 0.2) is 30.3 Å². The molecule has 0 amide bonds. The molecule has 184 valence electrons. The van der Waals surface area contributed by atoms with E-state index in [1.54, 1.807) is 7.11 Å². The Morgan fingerprint density at radius 1 is 0.971 bits per heavy atom. The third kappa shape index (κ3) is 5.43. The molecule has 7 heteroatoms. The SMILES string of the molecule is COc1cc2c(cc1N1CCC(N3CCC(Cc4cc(Cl)ccc4Cl)CC3)CC1)OCCOC2. The molecule has 3 aliphatic rings. The van der Waals surface area contributed by atoms with Crippen LogP contribution in [0.5, 0.6) is 11.5 Å². The summed E-state index contributed by atoms with van der Waals surface area (Å²) in [7, 11) is 1.75. The Kier molecular flexibility index (Phi) is 7.74. The summed E-state index contributed by atoms with van der Waals surface area (Å²) < 4.78 is 17.3. The van der Waals surface area contributed by atoms with Gasteiger partial charge in [0.25, 0.3) is 0 Å². The van der Waals surface area contributed by atoms with Crippen molar-refractivity contribution in [3.8, 4) is 11.5 Å². The van der Waals surface area contributed by atoms with Crippen LogP contribution in [0, 0.1) is 5.92 Å². The molecule has 0 radical (unpaired) electrons. The minimum absolute atomic E-state index is 0.577. The quantitative estimate of drug-likeness (QED) is 0.511. The van der Waals surface area contributed by atoms with Crippen LogP contribution < -0.4 is 14.4 Å². The number of likely N-dealkylation sites (tertiary alicyclic amines) is 1. The Morgan fingerprint density at radius 3 is 2.53 bits per heavy atom. The highest BCUT2D eigenvalue weighted by molar-refractivity contribution is 6.33. The molecule has 3 aliphatic heterocycles. The number of hydrogen-bond donors (Lipinski definition) is 0.